The molecule has 0 saturated heterocycles. The van der Waals surface area contributed by atoms with Gasteiger partial charge in [0.2, 0.25) is 0 Å². The summed E-state index contributed by atoms with van der Waals surface area (Å²) < 4.78 is 7.74. The van der Waals surface area contributed by atoms with Gasteiger partial charge in [0.1, 0.15) is 0 Å². The second-order valence-electron chi connectivity index (χ2n) is 7.01. The van der Waals surface area contributed by atoms with Gasteiger partial charge < -0.3 is 24.8 Å². The molecule has 0 radical (unpaired) electrons. The maximum atomic E-state index is 6.02. The van der Waals surface area contributed by atoms with E-state index >= 15 is 0 Å². The Morgan fingerprint density at radius 2 is 1.52 bits per heavy atom. The molecule has 1 aromatic rings. The van der Waals surface area contributed by atoms with Crippen molar-refractivity contribution in [1.82, 2.24) is 0 Å². The van der Waals surface area contributed by atoms with E-state index in [4.69, 9.17) is 3.32 Å². The molecule has 0 bridgehead atoms. The van der Waals surface area contributed by atoms with Crippen molar-refractivity contribution in [3.63, 3.8) is 0 Å². The van der Waals surface area contributed by atoms with Gasteiger partial charge in [-0.1, -0.05) is 0 Å². The molecule has 1 aromatic carbocycles. The molecule has 127 valence electrons. The third kappa shape index (κ3) is 4.74. The molecule has 0 fully saturated rings. The number of allylic oxidation sites excluding steroid dienone is 4. The van der Waals surface area contributed by atoms with E-state index in [-0.39, 0.29) is 28.5 Å². The van der Waals surface area contributed by atoms with E-state index in [1.54, 1.807) is 0 Å². The van der Waals surface area contributed by atoms with Crippen molar-refractivity contribution < 1.29 is 46.4 Å². The van der Waals surface area contributed by atoms with Crippen LogP contribution in [0.3, 0.4) is 0 Å². The number of hydrogen-bond acceptors (Lipinski definition) is 1. The molecule has 0 unspecified atom stereocenters. The van der Waals surface area contributed by atoms with E-state index in [1.165, 1.54) is 31.7 Å². The summed E-state index contributed by atoms with van der Waals surface area (Å²) in [5, 5.41) is 0. The summed E-state index contributed by atoms with van der Waals surface area (Å²) in [4.78, 5) is 0. The van der Waals surface area contributed by atoms with E-state index in [2.05, 4.69) is 65.8 Å². The first kappa shape index (κ1) is 23.0. The molecule has 1 nitrogen and oxygen atoms in total. The molecule has 0 aromatic heterocycles. The van der Waals surface area contributed by atoms with Gasteiger partial charge in [-0.25, -0.2) is 0 Å². The van der Waals surface area contributed by atoms with Gasteiger partial charge in [0.05, 0.1) is 0 Å². The van der Waals surface area contributed by atoms with Gasteiger partial charge in [-0.05, 0) is 0 Å². The first-order valence-corrected chi connectivity index (χ1v) is 9.85. The minimum absolute atomic E-state index is 0. The molecule has 2 rings (SSSR count). The molecule has 0 N–H and O–H groups in total. The summed E-state index contributed by atoms with van der Waals surface area (Å²) in [6.45, 7) is 13.7. The molecule has 0 aliphatic heterocycles. The van der Waals surface area contributed by atoms with Crippen molar-refractivity contribution >= 4 is 9.44 Å². The van der Waals surface area contributed by atoms with Crippen molar-refractivity contribution in [2.24, 2.45) is 0 Å². The topological polar surface area (TPSA) is 9.23 Å². The summed E-state index contributed by atoms with van der Waals surface area (Å²) in [5.41, 5.74) is 7.37. The van der Waals surface area contributed by atoms with E-state index < -0.39 is 18.3 Å². The van der Waals surface area contributed by atoms with Gasteiger partial charge in [-0.15, -0.1) is 0 Å². The average Bonchev–Trinajstić information content (AvgIpc) is 2.66. The Labute approximate surface area is 160 Å². The van der Waals surface area contributed by atoms with Gasteiger partial charge in [0.25, 0.3) is 0 Å². The zero-order chi connectivity index (χ0) is 15.8. The fourth-order valence-electron chi connectivity index (χ4n) is 3.14. The summed E-state index contributed by atoms with van der Waals surface area (Å²) in [5.74, 6) is 0. The minimum Gasteiger partial charge on any atom is -1.00 e. The zero-order valence-corrected chi connectivity index (χ0v) is 18.3. The normalized spacial score (nSPS) is 14.6. The Morgan fingerprint density at radius 3 is 1.96 bits per heavy atom. The smallest absolute Gasteiger partial charge is 1.00 e. The number of halogens is 2. The molecule has 1 aliphatic rings. The van der Waals surface area contributed by atoms with Crippen LogP contribution in [-0.4, -0.2) is 7.11 Å². The van der Waals surface area contributed by atoms with Crippen LogP contribution in [0.4, 0.5) is 0 Å². The van der Waals surface area contributed by atoms with Gasteiger partial charge in [-0.2, -0.15) is 0 Å². The average molecular weight is 390 g/mol. The SMILES string of the molecule is C[O][Ti+2]([c]1ccccc1C1=C(C)C(C)=C(C)C1)[C](C)(C)C.[Cl-].[Cl-]. The van der Waals surface area contributed by atoms with Crippen molar-refractivity contribution in [2.75, 3.05) is 7.11 Å². The monoisotopic (exact) mass is 389 g/mol. The molecule has 1 aliphatic carbocycles. The summed E-state index contributed by atoms with van der Waals surface area (Å²) in [6.07, 6.45) is 1.09. The van der Waals surface area contributed by atoms with Gasteiger partial charge >= 0.3 is 136 Å². The molecule has 0 amide bonds. The first-order chi connectivity index (χ1) is 9.77. The standard InChI is InChI=1S/C14H15.C4H9.CH3O.2ClH.Ti/c1-10-9-14(12(3)11(10)2)13-7-5-4-6-8-13;1-4(2)3;1-2;;;/h4-7H,9H2,1-3H3;1-3H3;1H3;2*1H;/q;;-1;;;+3/p-2. The fourth-order valence-corrected chi connectivity index (χ4v) is 6.83. The number of rotatable bonds is 3. The minimum atomic E-state index is -1.79. The quantitative estimate of drug-likeness (QED) is 0.617. The molecular weight excluding hydrogens is 363 g/mol. The summed E-state index contributed by atoms with van der Waals surface area (Å²) >= 11 is -1.79. The second-order valence-corrected chi connectivity index (χ2v) is 11.9. The molecule has 23 heavy (non-hydrogen) atoms. The van der Waals surface area contributed by atoms with Gasteiger partial charge in [-0.3, -0.25) is 0 Å². The van der Waals surface area contributed by atoms with Crippen LogP contribution in [0.1, 0.15) is 53.5 Å². The zero-order valence-electron chi connectivity index (χ0n) is 15.2. The van der Waals surface area contributed by atoms with Crippen LogP contribution in [0.5, 0.6) is 0 Å². The Kier molecular flexibility index (Phi) is 8.86. The maximum Gasteiger partial charge on any atom is -1.00 e. The molecule has 4 heteroatoms. The summed E-state index contributed by atoms with van der Waals surface area (Å²) in [6, 6.07) is 8.91. The Hall–Kier alpha value is -0.0457. The molecule has 0 spiro atoms. The van der Waals surface area contributed by atoms with Crippen molar-refractivity contribution in [2.45, 2.75) is 51.7 Å². The van der Waals surface area contributed by atoms with Crippen LogP contribution < -0.4 is 28.7 Å². The van der Waals surface area contributed by atoms with E-state index in [0.29, 0.717) is 0 Å². The third-order valence-electron chi connectivity index (χ3n) is 4.48. The van der Waals surface area contributed by atoms with Gasteiger partial charge in [0.15, 0.2) is 0 Å². The second kappa shape index (κ2) is 8.88. The van der Waals surface area contributed by atoms with Crippen LogP contribution >= 0.6 is 0 Å². The van der Waals surface area contributed by atoms with Gasteiger partial charge in [0, 0.05) is 0 Å². The predicted octanol–water partition coefficient (Wildman–Crippen LogP) is -0.768. The van der Waals surface area contributed by atoms with Crippen molar-refractivity contribution in [3.8, 4) is 0 Å². The molecule has 0 saturated carbocycles. The predicted molar refractivity (Wildman–Crippen MR) is 88.4 cm³/mol. The summed E-state index contributed by atoms with van der Waals surface area (Å²) in [7, 11) is 1.89. The van der Waals surface area contributed by atoms with Crippen LogP contribution in [-0.2, 0) is 21.6 Å². The Balaban J connectivity index is 0.00000242. The largest absolute Gasteiger partial charge is 1.00 e. The molecular formula is C19H27Cl2OTi. The Bertz CT molecular complexity index is 612. The Morgan fingerprint density at radius 1 is 0.957 bits per heavy atom. The first-order valence-electron chi connectivity index (χ1n) is 7.65. The molecule has 0 atom stereocenters. The van der Waals surface area contributed by atoms with E-state index in [9.17, 15) is 0 Å². The number of benzene rings is 1. The van der Waals surface area contributed by atoms with E-state index in [1.807, 2.05) is 7.11 Å². The fraction of sp³-hybridized carbons (Fsp3) is 0.474. The van der Waals surface area contributed by atoms with Crippen LogP contribution in [0, 0.1) is 0 Å². The van der Waals surface area contributed by atoms with Crippen LogP contribution in [0.2, 0.25) is 3.72 Å². The number of hydrogen-bond donors (Lipinski definition) is 0. The van der Waals surface area contributed by atoms with Crippen molar-refractivity contribution in [1.29, 1.82) is 0 Å². The van der Waals surface area contributed by atoms with Crippen molar-refractivity contribution in [3.05, 3.63) is 46.5 Å². The third-order valence-corrected chi connectivity index (χ3v) is 8.69. The maximum absolute atomic E-state index is 6.02. The van der Waals surface area contributed by atoms with Crippen LogP contribution in [0.25, 0.3) is 5.57 Å². The van der Waals surface area contributed by atoms with E-state index in [0.717, 1.165) is 6.42 Å². The molecule has 0 heterocycles. The van der Waals surface area contributed by atoms with Crippen LogP contribution in [0.15, 0.2) is 41.0 Å².